The van der Waals surface area contributed by atoms with Gasteiger partial charge in [-0.2, -0.15) is 0 Å². The molecule has 0 aliphatic carbocycles. The largest absolute Gasteiger partial charge is 0.397 e. The van der Waals surface area contributed by atoms with E-state index in [0.717, 1.165) is 5.00 Å². The Balaban J connectivity index is 2.60. The lowest BCUT2D eigenvalue weighted by Gasteiger charge is -2.14. The summed E-state index contributed by atoms with van der Waals surface area (Å²) in [6.07, 6.45) is -0.0400. The number of nitrogen functional groups attached to an aromatic ring is 1. The first kappa shape index (κ1) is 14.7. The van der Waals surface area contributed by atoms with Crippen LogP contribution in [0.5, 0.6) is 0 Å². The van der Waals surface area contributed by atoms with Crippen molar-refractivity contribution in [1.29, 1.82) is 0 Å². The maximum atomic E-state index is 11.5. The zero-order valence-electron chi connectivity index (χ0n) is 10.8. The zero-order chi connectivity index (χ0) is 13.5. The minimum atomic E-state index is -0.175. The molecule has 1 unspecified atom stereocenters. The summed E-state index contributed by atoms with van der Waals surface area (Å²) in [5.41, 5.74) is 6.24. The first-order chi connectivity index (χ1) is 8.62. The Hall–Kier alpha value is -1.31. The second-order valence-electron chi connectivity index (χ2n) is 3.67. The molecule has 18 heavy (non-hydrogen) atoms. The second-order valence-corrected chi connectivity index (χ2v) is 4.72. The topological polar surface area (TPSA) is 85.6 Å². The lowest BCUT2D eigenvalue weighted by Crippen LogP contribution is -2.26. The highest BCUT2D eigenvalue weighted by Crippen LogP contribution is 2.28. The molecule has 0 aliphatic rings. The summed E-state index contributed by atoms with van der Waals surface area (Å²) in [7, 11) is 4.83. The van der Waals surface area contributed by atoms with Crippen molar-refractivity contribution in [1.82, 2.24) is 5.32 Å². The first-order valence-corrected chi connectivity index (χ1v) is 6.31. The smallest absolute Gasteiger partial charge is 0.263 e. The Bertz CT molecular complexity index is 395. The summed E-state index contributed by atoms with van der Waals surface area (Å²) < 4.78 is 10.2. The van der Waals surface area contributed by atoms with Crippen molar-refractivity contribution in [2.75, 3.05) is 45.5 Å². The molecule has 0 fully saturated rings. The minimum absolute atomic E-state index is 0.0400. The molecular formula is C11H19N3O3S. The molecule has 1 heterocycles. The van der Waals surface area contributed by atoms with Gasteiger partial charge < -0.3 is 25.8 Å². The van der Waals surface area contributed by atoms with E-state index in [4.69, 9.17) is 15.2 Å². The van der Waals surface area contributed by atoms with Crippen molar-refractivity contribution >= 4 is 27.9 Å². The third kappa shape index (κ3) is 3.86. The second kappa shape index (κ2) is 7.20. The van der Waals surface area contributed by atoms with Crippen LogP contribution >= 0.6 is 11.3 Å². The van der Waals surface area contributed by atoms with E-state index in [1.165, 1.54) is 11.3 Å². The lowest BCUT2D eigenvalue weighted by molar-refractivity contribution is 0.0366. The molecule has 102 valence electrons. The molecule has 0 bridgehead atoms. The number of methoxy groups -OCH3 is 2. The number of nitrogens with two attached hydrogens (primary N) is 1. The number of hydrogen-bond donors (Lipinski definition) is 3. The maximum Gasteiger partial charge on any atom is 0.263 e. The zero-order valence-corrected chi connectivity index (χ0v) is 11.6. The van der Waals surface area contributed by atoms with Gasteiger partial charge in [0.15, 0.2) is 0 Å². The molecule has 1 amide bonds. The molecule has 1 aromatic rings. The summed E-state index contributed by atoms with van der Waals surface area (Å²) in [6.45, 7) is 1.10. The number of rotatable bonds is 7. The van der Waals surface area contributed by atoms with E-state index in [9.17, 15) is 4.79 Å². The monoisotopic (exact) mass is 273 g/mol. The molecule has 0 saturated heterocycles. The summed E-state index contributed by atoms with van der Waals surface area (Å²) >= 11 is 1.32. The summed E-state index contributed by atoms with van der Waals surface area (Å²) in [5.74, 6) is -0.175. The fourth-order valence-corrected chi connectivity index (χ4v) is 2.33. The van der Waals surface area contributed by atoms with Crippen LogP contribution in [0.15, 0.2) is 6.07 Å². The van der Waals surface area contributed by atoms with Crippen LogP contribution in [0.25, 0.3) is 0 Å². The highest BCUT2D eigenvalue weighted by molar-refractivity contribution is 7.18. The molecule has 0 radical (unpaired) electrons. The maximum absolute atomic E-state index is 11.5. The van der Waals surface area contributed by atoms with Gasteiger partial charge in [-0.25, -0.2) is 0 Å². The molecule has 0 spiro atoms. The van der Waals surface area contributed by atoms with Crippen LogP contribution in [0.1, 0.15) is 9.67 Å². The van der Waals surface area contributed by atoms with Gasteiger partial charge in [-0.05, 0) is 6.07 Å². The predicted octanol–water partition coefficient (Wildman–Crippen LogP) is 0.763. The van der Waals surface area contributed by atoms with Gasteiger partial charge in [0.1, 0.15) is 4.88 Å². The fraction of sp³-hybridized carbons (Fsp3) is 0.545. The van der Waals surface area contributed by atoms with Gasteiger partial charge >= 0.3 is 0 Å². The van der Waals surface area contributed by atoms with Crippen LogP contribution in [0, 0.1) is 0 Å². The van der Waals surface area contributed by atoms with Gasteiger partial charge in [-0.1, -0.05) is 0 Å². The minimum Gasteiger partial charge on any atom is -0.397 e. The van der Waals surface area contributed by atoms with Crippen LogP contribution in [0.4, 0.5) is 10.7 Å². The number of nitrogens with one attached hydrogen (secondary N) is 2. The average Bonchev–Trinajstić information content (AvgIpc) is 2.74. The molecule has 1 aromatic heterocycles. The van der Waals surface area contributed by atoms with Crippen molar-refractivity contribution in [2.45, 2.75) is 6.10 Å². The van der Waals surface area contributed by atoms with Gasteiger partial charge in [-0.3, -0.25) is 4.79 Å². The van der Waals surface area contributed by atoms with Crippen molar-refractivity contribution in [3.8, 4) is 0 Å². The van der Waals surface area contributed by atoms with Gasteiger partial charge in [0.2, 0.25) is 0 Å². The highest BCUT2D eigenvalue weighted by Gasteiger charge is 2.14. The Labute approximate surface area is 110 Å². The van der Waals surface area contributed by atoms with Gasteiger partial charge in [0, 0.05) is 27.8 Å². The van der Waals surface area contributed by atoms with Crippen molar-refractivity contribution in [3.63, 3.8) is 0 Å². The fourth-order valence-electron chi connectivity index (χ4n) is 1.39. The van der Waals surface area contributed by atoms with Gasteiger partial charge in [0.05, 0.1) is 23.4 Å². The first-order valence-electron chi connectivity index (χ1n) is 5.49. The van der Waals surface area contributed by atoms with E-state index in [0.29, 0.717) is 23.7 Å². The Morgan fingerprint density at radius 1 is 1.56 bits per heavy atom. The molecule has 7 heteroatoms. The predicted molar refractivity (Wildman–Crippen MR) is 73.3 cm³/mol. The van der Waals surface area contributed by atoms with E-state index < -0.39 is 0 Å². The summed E-state index contributed by atoms with van der Waals surface area (Å²) in [4.78, 5) is 12.0. The number of carbonyl (C=O) groups excluding carboxylic acids is 1. The number of thiophene rings is 1. The van der Waals surface area contributed by atoms with E-state index in [1.807, 2.05) is 0 Å². The SMILES string of the molecule is CNC(=O)c1sc(NCC(COC)OC)cc1N. The van der Waals surface area contributed by atoms with E-state index in [2.05, 4.69) is 10.6 Å². The Morgan fingerprint density at radius 3 is 2.83 bits per heavy atom. The quantitative estimate of drug-likeness (QED) is 0.683. The molecule has 1 atom stereocenters. The van der Waals surface area contributed by atoms with Gasteiger partial charge in [-0.15, -0.1) is 11.3 Å². The Morgan fingerprint density at radius 2 is 2.28 bits per heavy atom. The van der Waals surface area contributed by atoms with Crippen LogP contribution < -0.4 is 16.4 Å². The summed E-state index contributed by atoms with van der Waals surface area (Å²) in [6, 6.07) is 1.74. The van der Waals surface area contributed by atoms with Crippen molar-refractivity contribution in [2.24, 2.45) is 0 Å². The molecular weight excluding hydrogens is 254 g/mol. The number of anilines is 2. The Kier molecular flexibility index (Phi) is 5.90. The molecule has 0 aromatic carbocycles. The standard InChI is InChI=1S/C11H19N3O3S/c1-13-11(15)10-8(12)4-9(18-10)14-5-7(17-3)6-16-2/h4,7,14H,5-6,12H2,1-3H3,(H,13,15). The van der Waals surface area contributed by atoms with E-state index >= 15 is 0 Å². The number of carbonyl (C=O) groups is 1. The summed E-state index contributed by atoms with van der Waals surface area (Å²) in [5, 5.41) is 6.56. The van der Waals surface area contributed by atoms with Crippen LogP contribution in [0.3, 0.4) is 0 Å². The molecule has 4 N–H and O–H groups in total. The van der Waals surface area contributed by atoms with Crippen molar-refractivity contribution < 1.29 is 14.3 Å². The molecule has 0 saturated carbocycles. The molecule has 6 nitrogen and oxygen atoms in total. The highest BCUT2D eigenvalue weighted by atomic mass is 32.1. The average molecular weight is 273 g/mol. The van der Waals surface area contributed by atoms with Crippen LogP contribution in [-0.2, 0) is 9.47 Å². The molecule has 0 aliphatic heterocycles. The third-order valence-electron chi connectivity index (χ3n) is 2.38. The third-order valence-corrected chi connectivity index (χ3v) is 3.49. The van der Waals surface area contributed by atoms with E-state index in [-0.39, 0.29) is 12.0 Å². The van der Waals surface area contributed by atoms with Crippen molar-refractivity contribution in [3.05, 3.63) is 10.9 Å². The lowest BCUT2D eigenvalue weighted by atomic mass is 10.3. The number of hydrogen-bond acceptors (Lipinski definition) is 6. The number of amides is 1. The normalized spacial score (nSPS) is 12.2. The van der Waals surface area contributed by atoms with E-state index in [1.54, 1.807) is 27.3 Å². The van der Waals surface area contributed by atoms with Gasteiger partial charge in [0.25, 0.3) is 5.91 Å². The molecule has 1 rings (SSSR count). The van der Waals surface area contributed by atoms with Crippen LogP contribution in [0.2, 0.25) is 0 Å². The van der Waals surface area contributed by atoms with Crippen LogP contribution in [-0.4, -0.2) is 46.4 Å². The number of ether oxygens (including phenoxy) is 2.